The fourth-order valence-electron chi connectivity index (χ4n) is 2.44. The van der Waals surface area contributed by atoms with Crippen LogP contribution in [0.25, 0.3) is 11.3 Å². The Kier molecular flexibility index (Phi) is 8.47. The summed E-state index contributed by atoms with van der Waals surface area (Å²) in [6.45, 7) is 7.12. The molecule has 1 aliphatic rings. The molecule has 2 aromatic rings. The van der Waals surface area contributed by atoms with Crippen molar-refractivity contribution in [2.45, 2.75) is 33.6 Å². The monoisotopic (exact) mass is 328 g/mol. The number of anilines is 1. The largest absolute Gasteiger partial charge is 0.373 e. The lowest BCUT2D eigenvalue weighted by molar-refractivity contribution is -0.109. The van der Waals surface area contributed by atoms with Gasteiger partial charge in [-0.1, -0.05) is 13.8 Å². The lowest BCUT2D eigenvalue weighted by Gasteiger charge is -2.27. The van der Waals surface area contributed by atoms with E-state index in [0.717, 1.165) is 29.9 Å². The van der Waals surface area contributed by atoms with Crippen LogP contribution in [0, 0.1) is 6.92 Å². The van der Waals surface area contributed by atoms with Gasteiger partial charge in [-0.25, -0.2) is 0 Å². The van der Waals surface area contributed by atoms with Gasteiger partial charge in [0, 0.05) is 38.1 Å². The van der Waals surface area contributed by atoms with Crippen LogP contribution in [0.3, 0.4) is 0 Å². The van der Waals surface area contributed by atoms with Gasteiger partial charge >= 0.3 is 0 Å². The Morgan fingerprint density at radius 1 is 1.21 bits per heavy atom. The fraction of sp³-hybridized carbons (Fsp3) is 0.421. The highest BCUT2D eigenvalue weighted by molar-refractivity contribution is 5.64. The number of hydrogen-bond donors (Lipinski definition) is 1. The second-order valence-corrected chi connectivity index (χ2v) is 5.32. The van der Waals surface area contributed by atoms with Crippen molar-refractivity contribution in [2.75, 3.05) is 25.5 Å². The van der Waals surface area contributed by atoms with Crippen molar-refractivity contribution in [1.29, 1.82) is 0 Å². The first-order valence-corrected chi connectivity index (χ1v) is 8.39. The molecule has 5 nitrogen and oxygen atoms in total. The average molecular weight is 328 g/mol. The van der Waals surface area contributed by atoms with Gasteiger partial charge in [0.15, 0.2) is 0 Å². The van der Waals surface area contributed by atoms with E-state index in [1.54, 1.807) is 7.05 Å². The molecule has 0 fully saturated rings. The summed E-state index contributed by atoms with van der Waals surface area (Å²) in [5, 5.41) is 2.25. The SMILES string of the molecule is CC.CNC=O.Cc1ccc(-c2cc3c(cn2)N(C)CCC3)cn1. The first-order valence-electron chi connectivity index (χ1n) is 8.39. The molecule has 3 rings (SSSR count). The molecule has 0 unspecified atom stereocenters. The van der Waals surface area contributed by atoms with Crippen LogP contribution < -0.4 is 10.2 Å². The topological polar surface area (TPSA) is 58.1 Å². The molecule has 0 saturated heterocycles. The molecule has 5 heteroatoms. The molecule has 0 spiro atoms. The summed E-state index contributed by atoms with van der Waals surface area (Å²) in [7, 11) is 3.69. The normalized spacial score (nSPS) is 12.0. The Hall–Kier alpha value is -2.43. The lowest BCUT2D eigenvalue weighted by Crippen LogP contribution is -2.24. The minimum atomic E-state index is 0.625. The van der Waals surface area contributed by atoms with Gasteiger partial charge in [0.2, 0.25) is 6.41 Å². The Morgan fingerprint density at radius 2 is 1.92 bits per heavy atom. The second-order valence-electron chi connectivity index (χ2n) is 5.32. The molecule has 0 atom stereocenters. The zero-order valence-corrected chi connectivity index (χ0v) is 15.3. The molecular formula is C19H28N4O. The molecule has 0 radical (unpaired) electrons. The number of aryl methyl sites for hydroxylation is 2. The third kappa shape index (κ3) is 5.33. The van der Waals surface area contributed by atoms with Crippen LogP contribution in [-0.4, -0.2) is 37.0 Å². The zero-order chi connectivity index (χ0) is 17.9. The number of aromatic nitrogens is 2. The molecule has 0 aliphatic carbocycles. The minimum absolute atomic E-state index is 0.625. The van der Waals surface area contributed by atoms with Gasteiger partial charge in [-0.3, -0.25) is 14.8 Å². The van der Waals surface area contributed by atoms with Gasteiger partial charge in [0.05, 0.1) is 17.6 Å². The van der Waals surface area contributed by atoms with Crippen molar-refractivity contribution in [3.63, 3.8) is 0 Å². The van der Waals surface area contributed by atoms with E-state index in [1.165, 1.54) is 17.7 Å². The summed E-state index contributed by atoms with van der Waals surface area (Å²) in [5.74, 6) is 0. The number of amides is 1. The highest BCUT2D eigenvalue weighted by atomic mass is 16.1. The molecule has 3 heterocycles. The number of nitrogens with one attached hydrogen (secondary N) is 1. The van der Waals surface area contributed by atoms with Crippen LogP contribution >= 0.6 is 0 Å². The minimum Gasteiger partial charge on any atom is -0.373 e. The van der Waals surface area contributed by atoms with Gasteiger partial charge in [0.1, 0.15) is 0 Å². The third-order valence-electron chi connectivity index (χ3n) is 3.64. The molecule has 24 heavy (non-hydrogen) atoms. The molecule has 1 N–H and O–H groups in total. The summed E-state index contributed by atoms with van der Waals surface area (Å²) >= 11 is 0. The fourth-order valence-corrected chi connectivity index (χ4v) is 2.44. The maximum Gasteiger partial charge on any atom is 0.206 e. The van der Waals surface area contributed by atoms with E-state index in [1.807, 2.05) is 39.2 Å². The van der Waals surface area contributed by atoms with Crippen LogP contribution in [0.4, 0.5) is 5.69 Å². The van der Waals surface area contributed by atoms with E-state index >= 15 is 0 Å². The van der Waals surface area contributed by atoms with Crippen LogP contribution in [0.15, 0.2) is 30.6 Å². The summed E-state index contributed by atoms with van der Waals surface area (Å²) in [4.78, 5) is 20.2. The molecular weight excluding hydrogens is 300 g/mol. The number of hydrogen-bond acceptors (Lipinski definition) is 4. The number of carbonyl (C=O) groups excluding carboxylic acids is 1. The van der Waals surface area contributed by atoms with Gasteiger partial charge in [-0.05, 0) is 43.5 Å². The van der Waals surface area contributed by atoms with Gasteiger partial charge < -0.3 is 10.2 Å². The highest BCUT2D eigenvalue weighted by Crippen LogP contribution is 2.28. The average Bonchev–Trinajstić information content (AvgIpc) is 2.64. The van der Waals surface area contributed by atoms with E-state index in [-0.39, 0.29) is 0 Å². The maximum absolute atomic E-state index is 9.06. The summed E-state index contributed by atoms with van der Waals surface area (Å²) in [6.07, 6.45) is 6.88. The Bertz CT molecular complexity index is 626. The Labute approximate surface area is 145 Å². The van der Waals surface area contributed by atoms with E-state index in [0.29, 0.717) is 6.41 Å². The standard InChI is InChI=1S/C15H17N3.C2H5NO.C2H6/c1-11-5-6-13(9-16-11)14-8-12-4-3-7-18(2)15(12)10-17-14;1-3-2-4;1-2/h5-6,8-10H,3-4,7H2,1-2H3;2H,1H3,(H,3,4);1-2H3. The van der Waals surface area contributed by atoms with Crippen molar-refractivity contribution in [1.82, 2.24) is 15.3 Å². The molecule has 1 amide bonds. The first kappa shape index (κ1) is 19.6. The van der Waals surface area contributed by atoms with Gasteiger partial charge in [0.25, 0.3) is 0 Å². The first-order chi connectivity index (χ1) is 11.7. The van der Waals surface area contributed by atoms with Crippen LogP contribution in [-0.2, 0) is 11.2 Å². The van der Waals surface area contributed by atoms with Crippen molar-refractivity contribution in [3.05, 3.63) is 41.9 Å². The summed E-state index contributed by atoms with van der Waals surface area (Å²) < 4.78 is 0. The van der Waals surface area contributed by atoms with Gasteiger partial charge in [-0.15, -0.1) is 0 Å². The number of rotatable bonds is 2. The lowest BCUT2D eigenvalue weighted by atomic mass is 10.0. The van der Waals surface area contributed by atoms with E-state index < -0.39 is 0 Å². The number of carbonyl (C=O) groups is 1. The molecule has 0 bridgehead atoms. The van der Waals surface area contributed by atoms with E-state index in [4.69, 9.17) is 4.79 Å². The van der Waals surface area contributed by atoms with E-state index in [2.05, 4.69) is 39.4 Å². The van der Waals surface area contributed by atoms with Crippen LogP contribution in [0.5, 0.6) is 0 Å². The smallest absolute Gasteiger partial charge is 0.206 e. The summed E-state index contributed by atoms with van der Waals surface area (Å²) in [6, 6.07) is 6.32. The predicted octanol–water partition coefficient (Wildman–Crippen LogP) is 3.22. The second kappa shape index (κ2) is 10.4. The summed E-state index contributed by atoms with van der Waals surface area (Å²) in [5.41, 5.74) is 5.82. The van der Waals surface area contributed by atoms with E-state index in [9.17, 15) is 0 Å². The van der Waals surface area contributed by atoms with Crippen LogP contribution in [0.2, 0.25) is 0 Å². The van der Waals surface area contributed by atoms with Crippen molar-refractivity contribution < 1.29 is 4.79 Å². The van der Waals surface area contributed by atoms with Crippen molar-refractivity contribution >= 4 is 12.1 Å². The van der Waals surface area contributed by atoms with Crippen molar-refractivity contribution in [3.8, 4) is 11.3 Å². The molecule has 0 aromatic carbocycles. The molecule has 1 aliphatic heterocycles. The quantitative estimate of drug-likeness (QED) is 0.860. The number of pyridine rings is 2. The Balaban J connectivity index is 0.000000423. The number of fused-ring (bicyclic) bond motifs is 1. The van der Waals surface area contributed by atoms with Gasteiger partial charge in [-0.2, -0.15) is 0 Å². The third-order valence-corrected chi connectivity index (χ3v) is 3.64. The highest BCUT2D eigenvalue weighted by Gasteiger charge is 2.14. The molecule has 0 saturated carbocycles. The van der Waals surface area contributed by atoms with Crippen LogP contribution in [0.1, 0.15) is 31.5 Å². The number of nitrogens with zero attached hydrogens (tertiary/aromatic N) is 3. The maximum atomic E-state index is 9.06. The molecule has 130 valence electrons. The molecule has 2 aromatic heterocycles. The predicted molar refractivity (Wildman–Crippen MR) is 100 cm³/mol. The zero-order valence-electron chi connectivity index (χ0n) is 15.3. The Morgan fingerprint density at radius 3 is 2.50 bits per heavy atom. The van der Waals surface area contributed by atoms with Crippen molar-refractivity contribution in [2.24, 2.45) is 0 Å².